The van der Waals surface area contributed by atoms with Gasteiger partial charge in [-0.2, -0.15) is 5.26 Å². The first-order chi connectivity index (χ1) is 16.2. The quantitative estimate of drug-likeness (QED) is 0.142. The molecule has 3 aromatic rings. The lowest BCUT2D eigenvalue weighted by molar-refractivity contribution is -0.384. The maximum absolute atomic E-state index is 12.4. The fourth-order valence-electron chi connectivity index (χ4n) is 3.12. The number of allylic oxidation sites excluding steroid dienone is 1. The summed E-state index contributed by atoms with van der Waals surface area (Å²) >= 11 is 6.91. The number of hydrogen-bond acceptors (Lipinski definition) is 5. The van der Waals surface area contributed by atoms with Gasteiger partial charge in [-0.15, -0.1) is 0 Å². The van der Waals surface area contributed by atoms with Crippen molar-refractivity contribution in [1.82, 2.24) is 0 Å². The number of nitriles is 1. The molecular weight excluding hydrogens is 566 g/mol. The van der Waals surface area contributed by atoms with Crippen molar-refractivity contribution in [3.63, 3.8) is 0 Å². The van der Waals surface area contributed by atoms with Crippen LogP contribution in [-0.2, 0) is 4.79 Å². The second-order valence-corrected chi connectivity index (χ2v) is 9.08. The number of hydrogen-bond donors (Lipinski definition) is 1. The number of rotatable bonds is 7. The first-order valence-electron chi connectivity index (χ1n) is 10.0. The number of nitrogens with one attached hydrogen (secondary N) is 1. The van der Waals surface area contributed by atoms with Crippen LogP contribution >= 0.6 is 31.9 Å². The lowest BCUT2D eigenvalue weighted by Crippen LogP contribution is -2.21. The molecule has 1 N–H and O–H groups in total. The third-order valence-corrected chi connectivity index (χ3v) is 6.25. The molecule has 0 spiro atoms. The van der Waals surface area contributed by atoms with Crippen molar-refractivity contribution in [3.05, 3.63) is 95.9 Å². The fraction of sp³-hybridized carbons (Fsp3) is 0.120. The first-order valence-corrected chi connectivity index (χ1v) is 11.6. The van der Waals surface area contributed by atoms with Crippen LogP contribution in [0.5, 0.6) is 5.75 Å². The predicted molar refractivity (Wildman–Crippen MR) is 138 cm³/mol. The molecule has 3 aromatic carbocycles. The van der Waals surface area contributed by atoms with E-state index in [0.29, 0.717) is 31.4 Å². The zero-order valence-electron chi connectivity index (χ0n) is 18.3. The number of aryl methyl sites for hydroxylation is 1. The average Bonchev–Trinajstić information content (AvgIpc) is 2.80. The van der Waals surface area contributed by atoms with E-state index in [4.69, 9.17) is 4.74 Å². The molecule has 0 heterocycles. The minimum atomic E-state index is -0.491. The molecular formula is C25H19Br2N3O4. The number of carbonyl (C=O) groups is 1. The van der Waals surface area contributed by atoms with Crippen LogP contribution in [0, 0.1) is 35.3 Å². The largest absolute Gasteiger partial charge is 0.481 e. The Kier molecular flexibility index (Phi) is 8.21. The minimum Gasteiger partial charge on any atom is -0.481 e. The molecule has 0 aliphatic heterocycles. The maximum Gasteiger partial charge on any atom is 0.269 e. The SMILES string of the molecule is Cc1cccc(NC(=O)COc2c(Br)cc(/C=C(\C#N)c3ccc([N+](=O)[O-])cc3)cc2Br)c1C. The van der Waals surface area contributed by atoms with Crippen LogP contribution in [-0.4, -0.2) is 17.4 Å². The van der Waals surface area contributed by atoms with Crippen molar-refractivity contribution in [2.24, 2.45) is 0 Å². The molecule has 1 amide bonds. The summed E-state index contributed by atoms with van der Waals surface area (Å²) in [5.74, 6) is 0.156. The highest BCUT2D eigenvalue weighted by molar-refractivity contribution is 9.11. The molecule has 0 radical (unpaired) electrons. The van der Waals surface area contributed by atoms with E-state index >= 15 is 0 Å². The van der Waals surface area contributed by atoms with Crippen LogP contribution in [0.25, 0.3) is 11.6 Å². The van der Waals surface area contributed by atoms with Gasteiger partial charge in [0.05, 0.1) is 25.5 Å². The summed E-state index contributed by atoms with van der Waals surface area (Å²) in [6, 6.07) is 17.1. The van der Waals surface area contributed by atoms with Gasteiger partial charge in [-0.25, -0.2) is 0 Å². The Bertz CT molecular complexity index is 1310. The van der Waals surface area contributed by atoms with E-state index in [2.05, 4.69) is 43.2 Å². The van der Waals surface area contributed by atoms with E-state index < -0.39 is 4.92 Å². The highest BCUT2D eigenvalue weighted by Gasteiger charge is 2.13. The molecule has 0 atom stereocenters. The highest BCUT2D eigenvalue weighted by atomic mass is 79.9. The number of nitrogens with zero attached hydrogens (tertiary/aromatic N) is 2. The number of non-ortho nitro benzene ring substituents is 1. The summed E-state index contributed by atoms with van der Waals surface area (Å²) in [5.41, 5.74) is 4.37. The van der Waals surface area contributed by atoms with Crippen LogP contribution in [0.1, 0.15) is 22.3 Å². The van der Waals surface area contributed by atoms with Gasteiger partial charge >= 0.3 is 0 Å². The summed E-state index contributed by atoms with van der Waals surface area (Å²) in [6.07, 6.45) is 1.66. The Morgan fingerprint density at radius 1 is 1.15 bits per heavy atom. The van der Waals surface area contributed by atoms with E-state index in [1.165, 1.54) is 24.3 Å². The van der Waals surface area contributed by atoms with Gasteiger partial charge in [0, 0.05) is 17.8 Å². The fourth-order valence-corrected chi connectivity index (χ4v) is 4.57. The van der Waals surface area contributed by atoms with Gasteiger partial charge in [0.15, 0.2) is 6.61 Å². The van der Waals surface area contributed by atoms with Gasteiger partial charge in [0.2, 0.25) is 0 Å². The lowest BCUT2D eigenvalue weighted by atomic mass is 10.0. The first kappa shape index (κ1) is 25.1. The molecule has 0 fully saturated rings. The molecule has 0 aliphatic carbocycles. The molecule has 3 rings (SSSR count). The summed E-state index contributed by atoms with van der Waals surface area (Å²) in [5, 5.41) is 23.3. The van der Waals surface area contributed by atoms with Crippen molar-refractivity contribution >= 4 is 60.8 Å². The number of anilines is 1. The topological polar surface area (TPSA) is 105 Å². The number of amides is 1. The van der Waals surface area contributed by atoms with Crippen LogP contribution in [0.2, 0.25) is 0 Å². The second-order valence-electron chi connectivity index (χ2n) is 7.37. The van der Waals surface area contributed by atoms with Gasteiger partial charge in [-0.1, -0.05) is 12.1 Å². The van der Waals surface area contributed by atoms with Crippen LogP contribution in [0.3, 0.4) is 0 Å². The molecule has 0 saturated heterocycles. The minimum absolute atomic E-state index is 0.0466. The van der Waals surface area contributed by atoms with Gasteiger partial charge in [-0.05, 0) is 104 Å². The lowest BCUT2D eigenvalue weighted by Gasteiger charge is -2.13. The Labute approximate surface area is 213 Å². The Morgan fingerprint density at radius 2 is 1.79 bits per heavy atom. The molecule has 172 valence electrons. The monoisotopic (exact) mass is 583 g/mol. The smallest absolute Gasteiger partial charge is 0.269 e. The molecule has 0 aromatic heterocycles. The van der Waals surface area contributed by atoms with Crippen molar-refractivity contribution in [2.45, 2.75) is 13.8 Å². The van der Waals surface area contributed by atoms with Crippen molar-refractivity contribution in [3.8, 4) is 11.8 Å². The van der Waals surface area contributed by atoms with E-state index in [9.17, 15) is 20.2 Å². The molecule has 0 bridgehead atoms. The summed E-state index contributed by atoms with van der Waals surface area (Å²) in [4.78, 5) is 22.7. The second kappa shape index (κ2) is 11.1. The van der Waals surface area contributed by atoms with Gasteiger partial charge in [0.1, 0.15) is 5.75 Å². The number of nitro groups is 1. The van der Waals surface area contributed by atoms with Crippen molar-refractivity contribution in [1.29, 1.82) is 5.26 Å². The Balaban J connectivity index is 1.75. The summed E-state index contributed by atoms with van der Waals surface area (Å²) < 4.78 is 6.91. The third kappa shape index (κ3) is 6.10. The number of benzene rings is 3. The van der Waals surface area contributed by atoms with Crippen LogP contribution in [0.4, 0.5) is 11.4 Å². The van der Waals surface area contributed by atoms with Gasteiger partial charge in [0.25, 0.3) is 11.6 Å². The zero-order chi connectivity index (χ0) is 24.8. The standard InChI is InChI=1S/C25H19Br2N3O4/c1-15-4-3-5-23(16(15)2)29-24(31)14-34-25-21(26)11-17(12-22(25)27)10-19(13-28)18-6-8-20(9-7-18)30(32)33/h3-12H,14H2,1-2H3,(H,29,31)/b19-10+. The van der Waals surface area contributed by atoms with E-state index in [1.54, 1.807) is 18.2 Å². The molecule has 9 heteroatoms. The Hall–Kier alpha value is -3.48. The summed E-state index contributed by atoms with van der Waals surface area (Å²) in [6.45, 7) is 3.73. The van der Waals surface area contributed by atoms with E-state index in [0.717, 1.165) is 16.8 Å². The number of ether oxygens (including phenoxy) is 1. The predicted octanol–water partition coefficient (Wildman–Crippen LogP) is 6.82. The zero-order valence-corrected chi connectivity index (χ0v) is 21.4. The molecule has 34 heavy (non-hydrogen) atoms. The molecule has 0 aliphatic rings. The van der Waals surface area contributed by atoms with Crippen LogP contribution < -0.4 is 10.1 Å². The molecule has 7 nitrogen and oxygen atoms in total. The van der Waals surface area contributed by atoms with Crippen LogP contribution in [0.15, 0.2) is 63.5 Å². The maximum atomic E-state index is 12.4. The number of halogens is 2. The van der Waals surface area contributed by atoms with E-state index in [1.807, 2.05) is 32.0 Å². The van der Waals surface area contributed by atoms with Gasteiger partial charge < -0.3 is 10.1 Å². The normalized spacial score (nSPS) is 11.0. The van der Waals surface area contributed by atoms with Gasteiger partial charge in [-0.3, -0.25) is 14.9 Å². The van der Waals surface area contributed by atoms with Crippen molar-refractivity contribution < 1.29 is 14.5 Å². The number of nitro benzene ring substituents is 1. The molecule has 0 saturated carbocycles. The Morgan fingerprint density at radius 3 is 2.38 bits per heavy atom. The highest BCUT2D eigenvalue weighted by Crippen LogP contribution is 2.36. The van der Waals surface area contributed by atoms with E-state index in [-0.39, 0.29) is 18.2 Å². The average molecular weight is 585 g/mol. The van der Waals surface area contributed by atoms with Crippen molar-refractivity contribution in [2.75, 3.05) is 11.9 Å². The third-order valence-electron chi connectivity index (χ3n) is 5.07. The number of carbonyl (C=O) groups excluding carboxylic acids is 1. The summed E-state index contributed by atoms with van der Waals surface area (Å²) in [7, 11) is 0. The molecule has 0 unspecified atom stereocenters.